The van der Waals surface area contributed by atoms with Crippen LogP contribution in [-0.4, -0.2) is 33.9 Å². The van der Waals surface area contributed by atoms with E-state index in [0.717, 1.165) is 12.8 Å². The molecule has 0 spiro atoms. The lowest BCUT2D eigenvalue weighted by Crippen LogP contribution is -2.35. The minimum Gasteiger partial charge on any atom is -0.351 e. The zero-order valence-corrected chi connectivity index (χ0v) is 15.4. The van der Waals surface area contributed by atoms with E-state index in [9.17, 15) is 14.9 Å². The molecule has 3 rings (SSSR count). The highest BCUT2D eigenvalue weighted by molar-refractivity contribution is 6.33. The number of nitrogens with one attached hydrogen (secondary N) is 2. The van der Waals surface area contributed by atoms with E-state index in [-0.39, 0.29) is 27.9 Å². The number of carbonyl (C=O) groups is 1. The smallest absolute Gasteiger partial charge is 0.351 e. The minimum absolute atomic E-state index is 0.0796. The first-order valence-corrected chi connectivity index (χ1v) is 8.90. The van der Waals surface area contributed by atoms with E-state index in [1.165, 1.54) is 6.33 Å². The van der Waals surface area contributed by atoms with E-state index in [1.54, 1.807) is 24.3 Å². The second-order valence-electron chi connectivity index (χ2n) is 6.38. The fourth-order valence-corrected chi connectivity index (χ4v) is 3.13. The predicted octanol–water partition coefficient (Wildman–Crippen LogP) is 3.03. The lowest BCUT2D eigenvalue weighted by molar-refractivity contribution is -0.383. The molecule has 10 heteroatoms. The average Bonchev–Trinajstić information content (AvgIpc) is 2.66. The van der Waals surface area contributed by atoms with Crippen LogP contribution in [0.25, 0.3) is 0 Å². The molecule has 1 amide bonds. The van der Waals surface area contributed by atoms with Crippen molar-refractivity contribution in [1.82, 2.24) is 15.4 Å². The molecule has 2 aromatic rings. The number of hydrogen-bond donors (Lipinski definition) is 2. The fraction of sp³-hybridized carbons (Fsp3) is 0.353. The van der Waals surface area contributed by atoms with Crippen molar-refractivity contribution in [1.29, 1.82) is 0 Å². The Morgan fingerprint density at radius 1 is 1.30 bits per heavy atom. The summed E-state index contributed by atoms with van der Waals surface area (Å²) in [5.41, 5.74) is 4.90. The van der Waals surface area contributed by atoms with Crippen molar-refractivity contribution in [3.63, 3.8) is 0 Å². The quantitative estimate of drug-likeness (QED) is 0.595. The number of hydrogen-bond acceptors (Lipinski definition) is 7. The van der Waals surface area contributed by atoms with Crippen LogP contribution in [-0.2, 0) is 0 Å². The van der Waals surface area contributed by atoms with E-state index < -0.39 is 10.8 Å². The normalized spacial score (nSPS) is 14.7. The van der Waals surface area contributed by atoms with Crippen LogP contribution < -0.4 is 15.8 Å². The molecule has 2 N–H and O–H groups in total. The van der Waals surface area contributed by atoms with Gasteiger partial charge in [0.2, 0.25) is 11.6 Å². The van der Waals surface area contributed by atoms with Gasteiger partial charge in [0.1, 0.15) is 6.33 Å². The molecule has 0 unspecified atom stereocenters. The number of benzene rings is 1. The first-order chi connectivity index (χ1) is 13.0. The molecule has 0 aliphatic carbocycles. The molecule has 0 bridgehead atoms. The standard InChI is InChI=1S/C17H19ClN6O3/c1-11-6-8-23(9-7-11)16-14(24(26)27)15(19-10-20-16)21-22-17(25)12-4-2-3-5-13(12)18/h2-5,10-11H,6-9H2,1H3,(H,22,25)(H,19,20,21). The molecular weight excluding hydrogens is 372 g/mol. The molecule has 2 heterocycles. The lowest BCUT2D eigenvalue weighted by Gasteiger charge is -2.30. The van der Waals surface area contributed by atoms with Gasteiger partial charge in [0.05, 0.1) is 15.5 Å². The lowest BCUT2D eigenvalue weighted by atomic mass is 9.99. The third-order valence-electron chi connectivity index (χ3n) is 4.48. The number of halogens is 1. The van der Waals surface area contributed by atoms with E-state index in [1.807, 2.05) is 4.90 Å². The van der Waals surface area contributed by atoms with Gasteiger partial charge in [0, 0.05) is 13.1 Å². The Morgan fingerprint density at radius 3 is 2.67 bits per heavy atom. The molecule has 142 valence electrons. The monoisotopic (exact) mass is 390 g/mol. The van der Waals surface area contributed by atoms with E-state index in [2.05, 4.69) is 27.7 Å². The van der Waals surface area contributed by atoms with Crippen molar-refractivity contribution in [2.24, 2.45) is 5.92 Å². The number of piperidine rings is 1. The molecule has 0 radical (unpaired) electrons. The van der Waals surface area contributed by atoms with Crippen molar-refractivity contribution in [2.75, 3.05) is 23.4 Å². The van der Waals surface area contributed by atoms with E-state index >= 15 is 0 Å². The fourth-order valence-electron chi connectivity index (χ4n) is 2.91. The SMILES string of the molecule is CC1CCN(c2ncnc(NNC(=O)c3ccccc3Cl)c2[N+](=O)[O-])CC1. The number of amides is 1. The van der Waals surface area contributed by atoms with E-state index in [0.29, 0.717) is 19.0 Å². The number of rotatable bonds is 5. The van der Waals surface area contributed by atoms with Gasteiger partial charge in [-0.2, -0.15) is 0 Å². The summed E-state index contributed by atoms with van der Waals surface area (Å²) in [6.07, 6.45) is 3.12. The molecule has 1 aromatic heterocycles. The van der Waals surface area contributed by atoms with Gasteiger partial charge < -0.3 is 4.90 Å². The number of hydrazine groups is 1. The molecule has 0 saturated carbocycles. The van der Waals surface area contributed by atoms with Crippen molar-refractivity contribution < 1.29 is 9.72 Å². The Hall–Kier alpha value is -2.94. The van der Waals surface area contributed by atoms with Gasteiger partial charge in [0.15, 0.2) is 0 Å². The molecule has 1 aliphatic heterocycles. The number of aromatic nitrogens is 2. The number of anilines is 2. The summed E-state index contributed by atoms with van der Waals surface area (Å²) in [7, 11) is 0. The molecule has 9 nitrogen and oxygen atoms in total. The van der Waals surface area contributed by atoms with Gasteiger partial charge in [-0.25, -0.2) is 9.97 Å². The Bertz CT molecular complexity index is 854. The van der Waals surface area contributed by atoms with E-state index in [4.69, 9.17) is 11.6 Å². The zero-order chi connectivity index (χ0) is 19.4. The maximum Gasteiger partial charge on any atom is 0.355 e. The van der Waals surface area contributed by atoms with Crippen LogP contribution in [0, 0.1) is 16.0 Å². The minimum atomic E-state index is -0.544. The van der Waals surface area contributed by atoms with Crippen LogP contribution in [0.2, 0.25) is 5.02 Å². The molecule has 1 saturated heterocycles. The molecule has 1 aromatic carbocycles. The molecule has 0 atom stereocenters. The first kappa shape index (κ1) is 18.8. The predicted molar refractivity (Wildman–Crippen MR) is 102 cm³/mol. The third kappa shape index (κ3) is 4.25. The summed E-state index contributed by atoms with van der Waals surface area (Å²) in [5, 5.41) is 11.9. The Labute approximate surface area is 160 Å². The van der Waals surface area contributed by atoms with Crippen molar-refractivity contribution in [3.05, 3.63) is 51.3 Å². The Balaban J connectivity index is 1.81. The third-order valence-corrected chi connectivity index (χ3v) is 4.81. The van der Waals surface area contributed by atoms with Crippen LogP contribution in [0.4, 0.5) is 17.3 Å². The van der Waals surface area contributed by atoms with Crippen molar-refractivity contribution in [2.45, 2.75) is 19.8 Å². The van der Waals surface area contributed by atoms with Crippen molar-refractivity contribution in [3.8, 4) is 0 Å². The number of nitro groups is 1. The summed E-state index contributed by atoms with van der Waals surface area (Å²) in [5.74, 6) is 0.219. The van der Waals surface area contributed by atoms with Gasteiger partial charge in [-0.1, -0.05) is 30.7 Å². The second-order valence-corrected chi connectivity index (χ2v) is 6.79. The zero-order valence-electron chi connectivity index (χ0n) is 14.7. The second kappa shape index (κ2) is 8.17. The van der Waals surface area contributed by atoms with Gasteiger partial charge in [-0.15, -0.1) is 0 Å². The van der Waals surface area contributed by atoms with Crippen LogP contribution in [0.15, 0.2) is 30.6 Å². The van der Waals surface area contributed by atoms with Gasteiger partial charge in [0.25, 0.3) is 5.91 Å². The van der Waals surface area contributed by atoms with Crippen LogP contribution in [0.5, 0.6) is 0 Å². The Kier molecular flexibility index (Phi) is 5.70. The summed E-state index contributed by atoms with van der Waals surface area (Å²) < 4.78 is 0. The number of nitrogens with zero attached hydrogens (tertiary/aromatic N) is 4. The summed E-state index contributed by atoms with van der Waals surface area (Å²) in [6.45, 7) is 3.53. The molecule has 1 fully saturated rings. The Morgan fingerprint density at radius 2 is 2.00 bits per heavy atom. The summed E-state index contributed by atoms with van der Waals surface area (Å²) >= 11 is 5.99. The molecule has 1 aliphatic rings. The highest BCUT2D eigenvalue weighted by atomic mass is 35.5. The van der Waals surface area contributed by atoms with Gasteiger partial charge >= 0.3 is 5.69 Å². The largest absolute Gasteiger partial charge is 0.355 e. The highest BCUT2D eigenvalue weighted by Crippen LogP contribution is 2.33. The molecule has 27 heavy (non-hydrogen) atoms. The van der Waals surface area contributed by atoms with Gasteiger partial charge in [-0.05, 0) is 30.9 Å². The van der Waals surface area contributed by atoms with Crippen LogP contribution >= 0.6 is 11.6 Å². The summed E-state index contributed by atoms with van der Waals surface area (Å²) in [6, 6.07) is 6.50. The maximum absolute atomic E-state index is 12.3. The number of carbonyl (C=O) groups excluding carboxylic acids is 1. The van der Waals surface area contributed by atoms with Crippen molar-refractivity contribution >= 4 is 34.8 Å². The topological polar surface area (TPSA) is 113 Å². The molecular formula is C17H19ClN6O3. The van der Waals surface area contributed by atoms with Crippen LogP contribution in [0.1, 0.15) is 30.1 Å². The highest BCUT2D eigenvalue weighted by Gasteiger charge is 2.29. The maximum atomic E-state index is 12.3. The van der Waals surface area contributed by atoms with Gasteiger partial charge in [-0.3, -0.25) is 25.8 Å². The van der Waals surface area contributed by atoms with Crippen LogP contribution in [0.3, 0.4) is 0 Å². The first-order valence-electron chi connectivity index (χ1n) is 8.52. The summed E-state index contributed by atoms with van der Waals surface area (Å²) in [4.78, 5) is 33.3. The average molecular weight is 391 g/mol.